The molecule has 1 aromatic rings. The lowest BCUT2D eigenvalue weighted by Gasteiger charge is -2.32. The highest BCUT2D eigenvalue weighted by molar-refractivity contribution is 6.47. The van der Waals surface area contributed by atoms with Crippen LogP contribution in [0.4, 0.5) is 8.78 Å². The van der Waals surface area contributed by atoms with E-state index < -0.39 is 30.6 Å². The van der Waals surface area contributed by atoms with E-state index in [0.717, 1.165) is 0 Å². The SMILES string of the molecule is CC1(C)OB([C@H](N)c2ccc3c(c2)OC(F)(F)O3)OC1(C)C. The van der Waals surface area contributed by atoms with Crippen LogP contribution in [0.3, 0.4) is 0 Å². The summed E-state index contributed by atoms with van der Waals surface area (Å²) in [5.41, 5.74) is 5.71. The molecule has 1 saturated heterocycles. The Morgan fingerprint density at radius 2 is 1.55 bits per heavy atom. The summed E-state index contributed by atoms with van der Waals surface area (Å²) < 4.78 is 46.6. The van der Waals surface area contributed by atoms with E-state index in [4.69, 9.17) is 15.0 Å². The zero-order chi connectivity index (χ0) is 16.3. The zero-order valence-corrected chi connectivity index (χ0v) is 12.9. The van der Waals surface area contributed by atoms with Crippen LogP contribution in [0, 0.1) is 0 Å². The molecule has 1 fully saturated rings. The number of alkyl halides is 2. The Kier molecular flexibility index (Phi) is 3.22. The van der Waals surface area contributed by atoms with Crippen LogP contribution in [-0.4, -0.2) is 24.6 Å². The molecule has 5 nitrogen and oxygen atoms in total. The predicted octanol–water partition coefficient (Wildman–Crippen LogP) is 2.64. The summed E-state index contributed by atoms with van der Waals surface area (Å²) in [6.07, 6.45) is -3.64. The third-order valence-electron chi connectivity index (χ3n) is 4.37. The van der Waals surface area contributed by atoms with E-state index in [0.29, 0.717) is 5.56 Å². The minimum absolute atomic E-state index is 0.0186. The molecular weight excluding hydrogens is 295 g/mol. The lowest BCUT2D eigenvalue weighted by Crippen LogP contribution is -2.41. The Labute approximate surface area is 127 Å². The van der Waals surface area contributed by atoms with Crippen molar-refractivity contribution in [1.29, 1.82) is 0 Å². The molecule has 2 aliphatic rings. The van der Waals surface area contributed by atoms with Gasteiger partial charge in [-0.1, -0.05) is 6.07 Å². The summed E-state index contributed by atoms with van der Waals surface area (Å²) in [5.74, 6) is -0.700. The molecule has 8 heteroatoms. The molecule has 3 rings (SSSR count). The maximum Gasteiger partial charge on any atom is 0.586 e. The Bertz CT molecular complexity index is 593. The van der Waals surface area contributed by atoms with Gasteiger partial charge in [0.05, 0.1) is 17.1 Å². The lowest BCUT2D eigenvalue weighted by atomic mass is 9.75. The summed E-state index contributed by atoms with van der Waals surface area (Å²) in [5, 5.41) is 0. The van der Waals surface area contributed by atoms with Crippen LogP contribution in [0.1, 0.15) is 39.2 Å². The number of hydrogen-bond acceptors (Lipinski definition) is 5. The molecule has 0 amide bonds. The van der Waals surface area contributed by atoms with Crippen molar-refractivity contribution in [2.75, 3.05) is 0 Å². The molecular formula is C14H18BF2NO4. The fraction of sp³-hybridized carbons (Fsp3) is 0.571. The maximum absolute atomic E-state index is 13.0. The van der Waals surface area contributed by atoms with Gasteiger partial charge in [-0.3, -0.25) is 0 Å². The van der Waals surface area contributed by atoms with Crippen LogP contribution >= 0.6 is 0 Å². The molecule has 0 spiro atoms. The molecule has 2 aliphatic heterocycles. The van der Waals surface area contributed by atoms with Gasteiger partial charge in [-0.15, -0.1) is 8.78 Å². The van der Waals surface area contributed by atoms with Crippen molar-refractivity contribution >= 4 is 7.12 Å². The summed E-state index contributed by atoms with van der Waals surface area (Å²) in [6.45, 7) is 7.67. The number of ether oxygens (including phenoxy) is 2. The Balaban J connectivity index is 1.82. The normalized spacial score (nSPS) is 25.3. The summed E-state index contributed by atoms with van der Waals surface area (Å²) in [7, 11) is -0.675. The van der Waals surface area contributed by atoms with Crippen molar-refractivity contribution in [2.45, 2.75) is 51.1 Å². The molecule has 2 heterocycles. The molecule has 0 aromatic heterocycles. The fourth-order valence-corrected chi connectivity index (χ4v) is 2.37. The van der Waals surface area contributed by atoms with Gasteiger partial charge in [0.2, 0.25) is 0 Å². The predicted molar refractivity (Wildman–Crippen MR) is 75.7 cm³/mol. The van der Waals surface area contributed by atoms with E-state index in [2.05, 4.69) is 9.47 Å². The van der Waals surface area contributed by atoms with Crippen molar-refractivity contribution in [1.82, 2.24) is 0 Å². The molecule has 1 aromatic carbocycles. The number of hydrogen-bond donors (Lipinski definition) is 1. The zero-order valence-electron chi connectivity index (χ0n) is 12.9. The monoisotopic (exact) mass is 313 g/mol. The largest absolute Gasteiger partial charge is 0.586 e. The van der Waals surface area contributed by atoms with E-state index in [1.54, 1.807) is 6.07 Å². The first-order valence-corrected chi connectivity index (χ1v) is 7.02. The average molecular weight is 313 g/mol. The second kappa shape index (κ2) is 4.56. The summed E-state index contributed by atoms with van der Waals surface area (Å²) in [6, 6.07) is 4.42. The third-order valence-corrected chi connectivity index (χ3v) is 4.37. The van der Waals surface area contributed by atoms with Gasteiger partial charge in [0, 0.05) is 0 Å². The van der Waals surface area contributed by atoms with E-state index in [-0.39, 0.29) is 11.5 Å². The molecule has 0 aliphatic carbocycles. The first-order valence-electron chi connectivity index (χ1n) is 7.02. The molecule has 0 radical (unpaired) electrons. The van der Waals surface area contributed by atoms with Crippen molar-refractivity contribution in [3.8, 4) is 11.5 Å². The molecule has 22 heavy (non-hydrogen) atoms. The minimum Gasteiger partial charge on any atom is -0.402 e. The maximum atomic E-state index is 13.0. The molecule has 120 valence electrons. The summed E-state index contributed by atoms with van der Waals surface area (Å²) in [4.78, 5) is 0. The van der Waals surface area contributed by atoms with E-state index >= 15 is 0 Å². The fourth-order valence-electron chi connectivity index (χ4n) is 2.37. The third kappa shape index (κ3) is 2.45. The van der Waals surface area contributed by atoms with Crippen molar-refractivity contribution in [3.05, 3.63) is 23.8 Å². The quantitative estimate of drug-likeness (QED) is 0.851. The van der Waals surface area contributed by atoms with Crippen LogP contribution < -0.4 is 15.2 Å². The van der Waals surface area contributed by atoms with Gasteiger partial charge in [-0.25, -0.2) is 0 Å². The first kappa shape index (κ1) is 15.5. The number of fused-ring (bicyclic) bond motifs is 1. The number of benzene rings is 1. The lowest BCUT2D eigenvalue weighted by molar-refractivity contribution is -0.286. The molecule has 0 saturated carbocycles. The van der Waals surface area contributed by atoms with Crippen molar-refractivity contribution in [3.63, 3.8) is 0 Å². The van der Waals surface area contributed by atoms with Gasteiger partial charge >= 0.3 is 13.4 Å². The van der Waals surface area contributed by atoms with Crippen LogP contribution in [0.5, 0.6) is 11.5 Å². The van der Waals surface area contributed by atoms with Crippen LogP contribution in [0.25, 0.3) is 0 Å². The van der Waals surface area contributed by atoms with Gasteiger partial charge in [-0.05, 0) is 45.4 Å². The van der Waals surface area contributed by atoms with Gasteiger partial charge < -0.3 is 24.5 Å². The number of nitrogens with two attached hydrogens (primary N) is 1. The van der Waals surface area contributed by atoms with Gasteiger partial charge in [0.1, 0.15) is 0 Å². The highest BCUT2D eigenvalue weighted by atomic mass is 19.3. The Hall–Kier alpha value is -1.38. The Morgan fingerprint density at radius 3 is 2.14 bits per heavy atom. The van der Waals surface area contributed by atoms with Crippen LogP contribution in [0.15, 0.2) is 18.2 Å². The van der Waals surface area contributed by atoms with E-state index in [9.17, 15) is 8.78 Å². The number of rotatable bonds is 2. The van der Waals surface area contributed by atoms with Crippen molar-refractivity contribution in [2.24, 2.45) is 5.73 Å². The second-order valence-corrected chi connectivity index (χ2v) is 6.52. The highest BCUT2D eigenvalue weighted by Crippen LogP contribution is 2.44. The van der Waals surface area contributed by atoms with Gasteiger partial charge in [-0.2, -0.15) is 0 Å². The average Bonchev–Trinajstić information content (AvgIpc) is 2.79. The van der Waals surface area contributed by atoms with E-state index in [1.165, 1.54) is 12.1 Å². The topological polar surface area (TPSA) is 62.9 Å². The van der Waals surface area contributed by atoms with Gasteiger partial charge in [0.15, 0.2) is 11.5 Å². The van der Waals surface area contributed by atoms with Crippen molar-refractivity contribution < 1.29 is 27.6 Å². The molecule has 0 unspecified atom stereocenters. The second-order valence-electron chi connectivity index (χ2n) is 6.52. The van der Waals surface area contributed by atoms with E-state index in [1.807, 2.05) is 27.7 Å². The smallest absolute Gasteiger partial charge is 0.402 e. The number of halogens is 2. The van der Waals surface area contributed by atoms with Crippen LogP contribution in [0.2, 0.25) is 0 Å². The van der Waals surface area contributed by atoms with Gasteiger partial charge in [0.25, 0.3) is 0 Å². The standard InChI is InChI=1S/C14H18BF2NO4/c1-12(2)13(3,4)22-15(21-12)11(18)8-5-6-9-10(7-8)20-14(16,17)19-9/h5-7,11H,18H2,1-4H3/t11-/m1/s1. The first-order chi connectivity index (χ1) is 10.0. The molecule has 1 atom stereocenters. The van der Waals surface area contributed by atoms with Crippen LogP contribution in [-0.2, 0) is 9.31 Å². The molecule has 0 bridgehead atoms. The highest BCUT2D eigenvalue weighted by Gasteiger charge is 2.53. The summed E-state index contributed by atoms with van der Waals surface area (Å²) >= 11 is 0. The molecule has 2 N–H and O–H groups in total. The Morgan fingerprint density at radius 1 is 1.00 bits per heavy atom. The minimum atomic E-state index is -3.64.